The van der Waals surface area contributed by atoms with Gasteiger partial charge in [0.05, 0.1) is 47.3 Å². The molecule has 0 bridgehead atoms. The second kappa shape index (κ2) is 10.4. The lowest BCUT2D eigenvalue weighted by Gasteiger charge is -2.27. The number of hydrogen-bond donors (Lipinski definition) is 0. The van der Waals surface area contributed by atoms with Gasteiger partial charge in [0.25, 0.3) is 5.91 Å². The van der Waals surface area contributed by atoms with Crippen molar-refractivity contribution < 1.29 is 14.3 Å². The molecule has 0 saturated carbocycles. The SMILES string of the molecule is CCOc1ccc2nc(N(CCCN3CCOCC3)C(=O)c3cnc4ccccc4n3)sc2c1. The van der Waals surface area contributed by atoms with E-state index >= 15 is 0 Å². The van der Waals surface area contributed by atoms with Crippen molar-refractivity contribution in [2.75, 3.05) is 50.9 Å². The number of amides is 1. The third kappa shape index (κ3) is 5.01. The van der Waals surface area contributed by atoms with Crippen LogP contribution in [0.1, 0.15) is 23.8 Å². The standard InChI is InChI=1S/C25H27N5O3S/c1-2-33-18-8-9-21-23(16-18)34-25(28-21)30(11-5-10-29-12-14-32-15-13-29)24(31)22-17-26-19-6-3-4-7-20(19)27-22/h3-4,6-9,16-17H,2,5,10-15H2,1H3. The molecule has 0 unspecified atom stereocenters. The molecule has 176 valence electrons. The fourth-order valence-corrected chi connectivity index (χ4v) is 5.04. The van der Waals surface area contributed by atoms with Gasteiger partial charge in [0.15, 0.2) is 5.13 Å². The van der Waals surface area contributed by atoms with E-state index < -0.39 is 0 Å². The third-order valence-electron chi connectivity index (χ3n) is 5.76. The number of rotatable bonds is 8. The first kappa shape index (κ1) is 22.6. The highest BCUT2D eigenvalue weighted by molar-refractivity contribution is 7.22. The molecule has 3 heterocycles. The molecule has 1 fully saturated rings. The Bertz CT molecular complexity index is 1290. The number of fused-ring (bicyclic) bond motifs is 2. The molecule has 1 saturated heterocycles. The quantitative estimate of drug-likeness (QED) is 0.379. The highest BCUT2D eigenvalue weighted by Gasteiger charge is 2.23. The molecule has 0 aliphatic carbocycles. The number of morpholine rings is 1. The van der Waals surface area contributed by atoms with Crippen LogP contribution in [-0.2, 0) is 4.74 Å². The number of carbonyl (C=O) groups excluding carboxylic acids is 1. The van der Waals surface area contributed by atoms with Gasteiger partial charge >= 0.3 is 0 Å². The second-order valence-corrected chi connectivity index (χ2v) is 9.08. The number of thiazole rings is 1. The van der Waals surface area contributed by atoms with E-state index in [1.54, 1.807) is 11.1 Å². The van der Waals surface area contributed by atoms with E-state index in [2.05, 4.69) is 14.9 Å². The lowest BCUT2D eigenvalue weighted by atomic mass is 10.2. The molecular weight excluding hydrogens is 450 g/mol. The molecule has 34 heavy (non-hydrogen) atoms. The van der Waals surface area contributed by atoms with E-state index in [1.165, 1.54) is 11.3 Å². The summed E-state index contributed by atoms with van der Waals surface area (Å²) in [4.78, 5) is 31.6. The number of nitrogens with zero attached hydrogens (tertiary/aromatic N) is 5. The summed E-state index contributed by atoms with van der Waals surface area (Å²) in [7, 11) is 0. The monoisotopic (exact) mass is 477 g/mol. The molecule has 1 aliphatic heterocycles. The van der Waals surface area contributed by atoms with Gasteiger partial charge in [0.1, 0.15) is 11.4 Å². The minimum absolute atomic E-state index is 0.190. The predicted molar refractivity (Wildman–Crippen MR) is 134 cm³/mol. The van der Waals surface area contributed by atoms with Crippen LogP contribution in [-0.4, -0.2) is 71.8 Å². The van der Waals surface area contributed by atoms with Gasteiger partial charge in [-0.3, -0.25) is 19.6 Å². The minimum atomic E-state index is -0.190. The lowest BCUT2D eigenvalue weighted by Crippen LogP contribution is -2.39. The van der Waals surface area contributed by atoms with Crippen molar-refractivity contribution in [2.24, 2.45) is 0 Å². The third-order valence-corrected chi connectivity index (χ3v) is 6.80. The lowest BCUT2D eigenvalue weighted by molar-refractivity contribution is 0.0376. The zero-order valence-corrected chi connectivity index (χ0v) is 20.0. The van der Waals surface area contributed by atoms with Crippen LogP contribution < -0.4 is 9.64 Å². The molecule has 0 radical (unpaired) electrons. The maximum atomic E-state index is 13.6. The minimum Gasteiger partial charge on any atom is -0.494 e. The van der Waals surface area contributed by atoms with Gasteiger partial charge in [0.2, 0.25) is 0 Å². The van der Waals surface area contributed by atoms with Crippen molar-refractivity contribution in [3.8, 4) is 5.75 Å². The number of aromatic nitrogens is 3. The van der Waals surface area contributed by atoms with Crippen molar-refractivity contribution in [1.82, 2.24) is 19.9 Å². The maximum Gasteiger partial charge on any atom is 0.280 e. The van der Waals surface area contributed by atoms with E-state index in [-0.39, 0.29) is 5.91 Å². The molecule has 5 rings (SSSR count). The highest BCUT2D eigenvalue weighted by atomic mass is 32.1. The first-order valence-corrected chi connectivity index (χ1v) is 12.4. The van der Waals surface area contributed by atoms with Gasteiger partial charge in [0, 0.05) is 26.2 Å². The summed E-state index contributed by atoms with van der Waals surface area (Å²) >= 11 is 1.49. The number of hydrogen-bond acceptors (Lipinski definition) is 8. The Morgan fingerprint density at radius 1 is 1.12 bits per heavy atom. The van der Waals surface area contributed by atoms with Crippen LogP contribution >= 0.6 is 11.3 Å². The zero-order chi connectivity index (χ0) is 23.3. The first-order chi connectivity index (χ1) is 16.7. The van der Waals surface area contributed by atoms with E-state index in [1.807, 2.05) is 49.4 Å². The van der Waals surface area contributed by atoms with E-state index in [0.29, 0.717) is 29.5 Å². The predicted octanol–water partition coefficient (Wildman–Crippen LogP) is 4.01. The molecule has 4 aromatic rings. The van der Waals surface area contributed by atoms with Gasteiger partial charge in [-0.2, -0.15) is 0 Å². The maximum absolute atomic E-state index is 13.6. The fraction of sp³-hybridized carbons (Fsp3) is 0.360. The molecule has 2 aromatic heterocycles. The van der Waals surface area contributed by atoms with Crippen molar-refractivity contribution in [3.63, 3.8) is 0 Å². The molecule has 8 nitrogen and oxygen atoms in total. The summed E-state index contributed by atoms with van der Waals surface area (Å²) in [5.41, 5.74) is 2.63. The molecule has 9 heteroatoms. The average Bonchev–Trinajstić information content (AvgIpc) is 3.30. The Kier molecular flexibility index (Phi) is 6.94. The van der Waals surface area contributed by atoms with Gasteiger partial charge in [-0.25, -0.2) is 9.97 Å². The van der Waals surface area contributed by atoms with Gasteiger partial charge in [-0.15, -0.1) is 0 Å². The second-order valence-electron chi connectivity index (χ2n) is 8.07. The average molecular weight is 478 g/mol. The van der Waals surface area contributed by atoms with Crippen LogP contribution in [0.15, 0.2) is 48.7 Å². The van der Waals surface area contributed by atoms with Crippen LogP contribution in [0.2, 0.25) is 0 Å². The molecular formula is C25H27N5O3S. The van der Waals surface area contributed by atoms with E-state index in [4.69, 9.17) is 14.5 Å². The highest BCUT2D eigenvalue weighted by Crippen LogP contribution is 2.32. The summed E-state index contributed by atoms with van der Waals surface area (Å²) in [6.45, 7) is 7.37. The molecule has 1 amide bonds. The summed E-state index contributed by atoms with van der Waals surface area (Å²) in [6, 6.07) is 13.4. The summed E-state index contributed by atoms with van der Waals surface area (Å²) < 4.78 is 12.1. The Balaban J connectivity index is 1.43. The van der Waals surface area contributed by atoms with Crippen LogP contribution in [0.5, 0.6) is 5.75 Å². The normalized spacial score (nSPS) is 14.5. The van der Waals surface area contributed by atoms with Gasteiger partial charge < -0.3 is 9.47 Å². The summed E-state index contributed by atoms with van der Waals surface area (Å²) in [6.07, 6.45) is 2.38. The Morgan fingerprint density at radius 2 is 1.94 bits per heavy atom. The van der Waals surface area contributed by atoms with Gasteiger partial charge in [-0.05, 0) is 43.7 Å². The van der Waals surface area contributed by atoms with Crippen LogP contribution in [0.4, 0.5) is 5.13 Å². The van der Waals surface area contributed by atoms with Crippen molar-refractivity contribution in [3.05, 3.63) is 54.4 Å². The number of ether oxygens (including phenoxy) is 2. The van der Waals surface area contributed by atoms with Crippen molar-refractivity contribution >= 4 is 43.6 Å². The Labute approximate surface area is 202 Å². The molecule has 0 spiro atoms. The number of anilines is 1. The van der Waals surface area contributed by atoms with Crippen molar-refractivity contribution in [1.29, 1.82) is 0 Å². The largest absolute Gasteiger partial charge is 0.494 e. The summed E-state index contributed by atoms with van der Waals surface area (Å²) in [5.74, 6) is 0.611. The van der Waals surface area contributed by atoms with E-state index in [9.17, 15) is 4.79 Å². The number of para-hydroxylation sites is 2. The van der Waals surface area contributed by atoms with Crippen LogP contribution in [0.25, 0.3) is 21.3 Å². The number of carbonyl (C=O) groups is 1. The Morgan fingerprint density at radius 3 is 2.76 bits per heavy atom. The fourth-order valence-electron chi connectivity index (χ4n) is 4.02. The number of benzene rings is 2. The van der Waals surface area contributed by atoms with Crippen LogP contribution in [0, 0.1) is 0 Å². The summed E-state index contributed by atoms with van der Waals surface area (Å²) in [5, 5.41) is 0.658. The smallest absolute Gasteiger partial charge is 0.280 e. The zero-order valence-electron chi connectivity index (χ0n) is 19.1. The molecule has 1 aliphatic rings. The van der Waals surface area contributed by atoms with Crippen LogP contribution in [0.3, 0.4) is 0 Å². The molecule has 0 atom stereocenters. The first-order valence-electron chi connectivity index (χ1n) is 11.6. The van der Waals surface area contributed by atoms with Gasteiger partial charge in [-0.1, -0.05) is 23.5 Å². The Hall–Kier alpha value is -3.14. The molecule has 2 aromatic carbocycles. The molecule has 0 N–H and O–H groups in total. The topological polar surface area (TPSA) is 80.7 Å². The van der Waals surface area contributed by atoms with E-state index in [0.717, 1.165) is 60.8 Å². The van der Waals surface area contributed by atoms with Crippen molar-refractivity contribution in [2.45, 2.75) is 13.3 Å².